The van der Waals surface area contributed by atoms with Gasteiger partial charge >= 0.3 is 6.61 Å². The van der Waals surface area contributed by atoms with Gasteiger partial charge in [-0.15, -0.1) is 10.2 Å². The Kier molecular flexibility index (Phi) is 7.53. The molecule has 0 atom stereocenters. The number of benzene rings is 2. The van der Waals surface area contributed by atoms with Gasteiger partial charge in [-0.05, 0) is 55.3 Å². The number of nitrogens with zero attached hydrogens (tertiary/aromatic N) is 2. The van der Waals surface area contributed by atoms with E-state index < -0.39 is 18.4 Å². The van der Waals surface area contributed by atoms with Crippen molar-refractivity contribution in [2.45, 2.75) is 24.8 Å². The molecule has 0 aliphatic rings. The molecule has 2 aromatic carbocycles. The predicted octanol–water partition coefficient (Wildman–Crippen LogP) is 4.55. The van der Waals surface area contributed by atoms with E-state index in [1.54, 1.807) is 0 Å². The van der Waals surface area contributed by atoms with Crippen LogP contribution in [0.3, 0.4) is 0 Å². The molecule has 1 heterocycles. The van der Waals surface area contributed by atoms with Crippen molar-refractivity contribution in [3.63, 3.8) is 0 Å². The topological polar surface area (TPSA) is 93.2 Å². The summed E-state index contributed by atoms with van der Waals surface area (Å²) in [7, 11) is 0. The third-order valence-corrected chi connectivity index (χ3v) is 6.15. The van der Waals surface area contributed by atoms with E-state index in [1.807, 2.05) is 32.0 Å². The lowest BCUT2D eigenvalue weighted by Crippen LogP contribution is -2.31. The number of hydrogen-bond donors (Lipinski definition) is 2. The van der Waals surface area contributed by atoms with Gasteiger partial charge in [0.25, 0.3) is 5.91 Å². The number of nitrogens with one attached hydrogen (secondary N) is 2. The predicted molar refractivity (Wildman–Crippen MR) is 115 cm³/mol. The molecule has 0 aliphatic carbocycles. The zero-order valence-electron chi connectivity index (χ0n) is 16.5. The summed E-state index contributed by atoms with van der Waals surface area (Å²) in [6.07, 6.45) is 0. The van der Waals surface area contributed by atoms with Crippen molar-refractivity contribution in [2.24, 2.45) is 0 Å². The smallest absolute Gasteiger partial charge is 0.387 e. The molecule has 0 spiro atoms. The fourth-order valence-electron chi connectivity index (χ4n) is 2.47. The maximum atomic E-state index is 12.2. The SMILES string of the molecule is Cc1cccc(Nc2nnc(SCC(=O)NC(=O)c3ccc(OC(F)F)cc3)s2)c1C. The number of alkyl halides is 2. The third kappa shape index (κ3) is 6.46. The van der Waals surface area contributed by atoms with Crippen LogP contribution in [-0.4, -0.2) is 34.4 Å². The van der Waals surface area contributed by atoms with E-state index in [1.165, 1.54) is 35.6 Å². The molecule has 1 aromatic heterocycles. The first-order valence-corrected chi connectivity index (χ1v) is 10.8. The second-order valence-corrected chi connectivity index (χ2v) is 8.51. The van der Waals surface area contributed by atoms with E-state index in [0.29, 0.717) is 9.47 Å². The van der Waals surface area contributed by atoms with Gasteiger partial charge < -0.3 is 10.1 Å². The lowest BCUT2D eigenvalue weighted by molar-refractivity contribution is -0.117. The van der Waals surface area contributed by atoms with Crippen LogP contribution in [0.2, 0.25) is 0 Å². The molecule has 0 saturated carbocycles. The molecule has 3 aromatic rings. The number of aryl methyl sites for hydroxylation is 1. The monoisotopic (exact) mass is 464 g/mol. The van der Waals surface area contributed by atoms with E-state index in [2.05, 4.69) is 25.6 Å². The lowest BCUT2D eigenvalue weighted by atomic mass is 10.1. The Labute approximate surface area is 185 Å². The fourth-order valence-corrected chi connectivity index (χ4v) is 4.03. The number of amides is 2. The Balaban J connectivity index is 1.49. The maximum absolute atomic E-state index is 12.2. The number of carbonyl (C=O) groups is 2. The summed E-state index contributed by atoms with van der Waals surface area (Å²) in [5, 5.41) is 14.2. The average molecular weight is 465 g/mol. The van der Waals surface area contributed by atoms with Crippen molar-refractivity contribution in [1.82, 2.24) is 15.5 Å². The number of rotatable bonds is 8. The first-order valence-electron chi connectivity index (χ1n) is 9.00. The Morgan fingerprint density at radius 1 is 1.13 bits per heavy atom. The van der Waals surface area contributed by atoms with Gasteiger partial charge in [0.05, 0.1) is 5.75 Å². The van der Waals surface area contributed by atoms with Crippen LogP contribution in [0.4, 0.5) is 19.6 Å². The number of ether oxygens (including phenoxy) is 1. The fraction of sp³-hybridized carbons (Fsp3) is 0.200. The van der Waals surface area contributed by atoms with E-state index in [9.17, 15) is 18.4 Å². The third-order valence-electron chi connectivity index (χ3n) is 4.17. The molecule has 11 heteroatoms. The normalized spacial score (nSPS) is 10.7. The van der Waals surface area contributed by atoms with Crippen LogP contribution >= 0.6 is 23.1 Å². The summed E-state index contributed by atoms with van der Waals surface area (Å²) < 4.78 is 29.1. The number of carbonyl (C=O) groups excluding carboxylic acids is 2. The van der Waals surface area contributed by atoms with Crippen LogP contribution in [0, 0.1) is 13.8 Å². The quantitative estimate of drug-likeness (QED) is 0.473. The van der Waals surface area contributed by atoms with Gasteiger partial charge in [-0.3, -0.25) is 14.9 Å². The molecule has 162 valence electrons. The molecule has 0 fully saturated rings. The number of halogens is 2. The zero-order chi connectivity index (χ0) is 22.4. The highest BCUT2D eigenvalue weighted by atomic mass is 32.2. The highest BCUT2D eigenvalue weighted by Gasteiger charge is 2.14. The summed E-state index contributed by atoms with van der Waals surface area (Å²) in [5.74, 6) is -1.25. The van der Waals surface area contributed by atoms with E-state index in [-0.39, 0.29) is 17.1 Å². The van der Waals surface area contributed by atoms with E-state index in [0.717, 1.165) is 28.6 Å². The van der Waals surface area contributed by atoms with Gasteiger partial charge in [-0.1, -0.05) is 35.2 Å². The van der Waals surface area contributed by atoms with Crippen LogP contribution in [-0.2, 0) is 4.79 Å². The summed E-state index contributed by atoms with van der Waals surface area (Å²) in [6.45, 7) is 1.08. The molecule has 0 aliphatic heterocycles. The minimum absolute atomic E-state index is 0.0313. The first kappa shape index (κ1) is 22.6. The molecular formula is C20H18F2N4O3S2. The highest BCUT2D eigenvalue weighted by Crippen LogP contribution is 2.29. The lowest BCUT2D eigenvalue weighted by Gasteiger charge is -2.08. The Morgan fingerprint density at radius 2 is 1.87 bits per heavy atom. The van der Waals surface area contributed by atoms with Crippen molar-refractivity contribution in [3.8, 4) is 5.75 Å². The molecule has 0 bridgehead atoms. The van der Waals surface area contributed by atoms with Crippen LogP contribution in [0.15, 0.2) is 46.8 Å². The van der Waals surface area contributed by atoms with Crippen molar-refractivity contribution in [1.29, 1.82) is 0 Å². The van der Waals surface area contributed by atoms with Gasteiger partial charge in [0.1, 0.15) is 5.75 Å². The maximum Gasteiger partial charge on any atom is 0.387 e. The van der Waals surface area contributed by atoms with Crippen LogP contribution < -0.4 is 15.4 Å². The van der Waals surface area contributed by atoms with E-state index >= 15 is 0 Å². The zero-order valence-corrected chi connectivity index (χ0v) is 18.2. The van der Waals surface area contributed by atoms with Gasteiger partial charge in [-0.25, -0.2) is 0 Å². The molecular weight excluding hydrogens is 446 g/mol. The van der Waals surface area contributed by atoms with Gasteiger partial charge in [-0.2, -0.15) is 8.78 Å². The summed E-state index contributed by atoms with van der Waals surface area (Å²) in [5.41, 5.74) is 3.34. The molecule has 31 heavy (non-hydrogen) atoms. The number of aromatic nitrogens is 2. The molecule has 2 amide bonds. The summed E-state index contributed by atoms with van der Waals surface area (Å²) in [6, 6.07) is 11.0. The van der Waals surface area contributed by atoms with Crippen LogP contribution in [0.1, 0.15) is 21.5 Å². The Bertz CT molecular complexity index is 1070. The molecule has 0 unspecified atom stereocenters. The number of thioether (sulfide) groups is 1. The number of imide groups is 1. The first-order chi connectivity index (χ1) is 14.8. The number of anilines is 2. The highest BCUT2D eigenvalue weighted by molar-refractivity contribution is 8.01. The summed E-state index contributed by atoms with van der Waals surface area (Å²) in [4.78, 5) is 24.2. The number of hydrogen-bond acceptors (Lipinski definition) is 8. The van der Waals surface area contributed by atoms with Crippen LogP contribution in [0.25, 0.3) is 0 Å². The standard InChI is InChI=1S/C20H18F2N4O3S2/c1-11-4-3-5-15(12(11)2)23-19-25-26-20(31-19)30-10-16(27)24-17(28)13-6-8-14(9-7-13)29-18(21)22/h3-9,18H,10H2,1-2H3,(H,23,25)(H,24,27,28). The second kappa shape index (κ2) is 10.3. The van der Waals surface area contributed by atoms with Gasteiger partial charge in [0.2, 0.25) is 11.0 Å². The second-order valence-electron chi connectivity index (χ2n) is 6.31. The molecule has 2 N–H and O–H groups in total. The van der Waals surface area contributed by atoms with Gasteiger partial charge in [0, 0.05) is 11.3 Å². The van der Waals surface area contributed by atoms with Crippen LogP contribution in [0.5, 0.6) is 5.75 Å². The Morgan fingerprint density at radius 3 is 2.58 bits per heavy atom. The largest absolute Gasteiger partial charge is 0.435 e. The molecule has 7 nitrogen and oxygen atoms in total. The summed E-state index contributed by atoms with van der Waals surface area (Å²) >= 11 is 2.45. The molecule has 0 saturated heterocycles. The van der Waals surface area contributed by atoms with Gasteiger partial charge in [0.15, 0.2) is 4.34 Å². The Hall–Kier alpha value is -3.05. The van der Waals surface area contributed by atoms with Crippen molar-refractivity contribution >= 4 is 45.7 Å². The van der Waals surface area contributed by atoms with Crippen molar-refractivity contribution in [2.75, 3.05) is 11.1 Å². The molecule has 3 rings (SSSR count). The minimum Gasteiger partial charge on any atom is -0.435 e. The average Bonchev–Trinajstić information content (AvgIpc) is 3.17. The van der Waals surface area contributed by atoms with E-state index in [4.69, 9.17) is 0 Å². The van der Waals surface area contributed by atoms with Crippen molar-refractivity contribution < 1.29 is 23.1 Å². The van der Waals surface area contributed by atoms with Crippen molar-refractivity contribution in [3.05, 3.63) is 59.2 Å². The molecule has 0 radical (unpaired) electrons. The minimum atomic E-state index is -2.95.